The Morgan fingerprint density at radius 1 is 0.879 bits per heavy atom. The first kappa shape index (κ1) is 25.9. The summed E-state index contributed by atoms with van der Waals surface area (Å²) in [6.45, 7) is 3.29. The standard InChI is InChI=1S/C22H29N3O7S/c1-14-6-7-15(2)19(10-14)33(28,29)25-9-8-23-20(26)13-24-22(27)16-11-17(30-3)21(32-5)18(12-16)31-4/h6-7,10-12,25H,8-9,13H2,1-5H3,(H,23,26)(H,24,27). The summed E-state index contributed by atoms with van der Waals surface area (Å²) < 4.78 is 43.0. The van der Waals surface area contributed by atoms with Gasteiger partial charge in [-0.25, -0.2) is 13.1 Å². The van der Waals surface area contributed by atoms with E-state index in [0.717, 1.165) is 5.56 Å². The van der Waals surface area contributed by atoms with Crippen LogP contribution >= 0.6 is 0 Å². The summed E-state index contributed by atoms with van der Waals surface area (Å²) >= 11 is 0. The van der Waals surface area contributed by atoms with Crippen molar-refractivity contribution in [3.8, 4) is 17.2 Å². The predicted molar refractivity (Wildman–Crippen MR) is 123 cm³/mol. The highest BCUT2D eigenvalue weighted by Crippen LogP contribution is 2.38. The Morgan fingerprint density at radius 2 is 1.52 bits per heavy atom. The average molecular weight is 480 g/mol. The van der Waals surface area contributed by atoms with Gasteiger partial charge in [-0.05, 0) is 43.2 Å². The molecule has 0 aliphatic carbocycles. The minimum atomic E-state index is -3.70. The molecular weight excluding hydrogens is 450 g/mol. The number of nitrogens with one attached hydrogen (secondary N) is 3. The van der Waals surface area contributed by atoms with Crippen molar-refractivity contribution in [2.24, 2.45) is 0 Å². The number of aryl methyl sites for hydroxylation is 2. The first-order valence-electron chi connectivity index (χ1n) is 10.0. The molecule has 0 aliphatic heterocycles. The zero-order chi connectivity index (χ0) is 24.6. The molecule has 33 heavy (non-hydrogen) atoms. The molecule has 0 spiro atoms. The Bertz CT molecular complexity index is 1090. The van der Waals surface area contributed by atoms with Crippen LogP contribution in [0.3, 0.4) is 0 Å². The van der Waals surface area contributed by atoms with E-state index in [0.29, 0.717) is 22.8 Å². The minimum Gasteiger partial charge on any atom is -0.493 e. The first-order valence-corrected chi connectivity index (χ1v) is 11.5. The monoisotopic (exact) mass is 479 g/mol. The lowest BCUT2D eigenvalue weighted by molar-refractivity contribution is -0.120. The van der Waals surface area contributed by atoms with E-state index in [1.165, 1.54) is 33.5 Å². The van der Waals surface area contributed by atoms with Gasteiger partial charge in [0.2, 0.25) is 21.7 Å². The van der Waals surface area contributed by atoms with Crippen molar-refractivity contribution >= 4 is 21.8 Å². The fraction of sp³-hybridized carbons (Fsp3) is 0.364. The number of sulfonamides is 1. The maximum absolute atomic E-state index is 12.5. The molecule has 0 aromatic heterocycles. The van der Waals surface area contributed by atoms with Crippen molar-refractivity contribution in [1.29, 1.82) is 0 Å². The smallest absolute Gasteiger partial charge is 0.251 e. The SMILES string of the molecule is COc1cc(C(=O)NCC(=O)NCCNS(=O)(=O)c2cc(C)ccc2C)cc(OC)c1OC. The average Bonchev–Trinajstić information content (AvgIpc) is 2.80. The van der Waals surface area contributed by atoms with Crippen LogP contribution < -0.4 is 29.6 Å². The molecule has 0 unspecified atom stereocenters. The Hall–Kier alpha value is -3.31. The largest absolute Gasteiger partial charge is 0.493 e. The van der Waals surface area contributed by atoms with Crippen molar-refractivity contribution in [2.45, 2.75) is 18.7 Å². The maximum Gasteiger partial charge on any atom is 0.251 e. The molecule has 0 heterocycles. The number of ether oxygens (including phenoxy) is 3. The van der Waals surface area contributed by atoms with Crippen LogP contribution in [0, 0.1) is 13.8 Å². The van der Waals surface area contributed by atoms with Crippen LogP contribution in [0.25, 0.3) is 0 Å². The Labute approximate surface area is 193 Å². The van der Waals surface area contributed by atoms with Crippen molar-refractivity contribution in [3.63, 3.8) is 0 Å². The van der Waals surface area contributed by atoms with Crippen LogP contribution in [0.1, 0.15) is 21.5 Å². The van der Waals surface area contributed by atoms with Crippen molar-refractivity contribution in [3.05, 3.63) is 47.0 Å². The molecule has 0 fully saturated rings. The van der Waals surface area contributed by atoms with E-state index in [4.69, 9.17) is 14.2 Å². The van der Waals surface area contributed by atoms with Gasteiger partial charge in [-0.2, -0.15) is 0 Å². The van der Waals surface area contributed by atoms with Gasteiger partial charge < -0.3 is 24.8 Å². The molecule has 0 saturated heterocycles. The van der Waals surface area contributed by atoms with E-state index < -0.39 is 21.8 Å². The number of hydrogen-bond donors (Lipinski definition) is 3. The van der Waals surface area contributed by atoms with E-state index in [2.05, 4.69) is 15.4 Å². The number of methoxy groups -OCH3 is 3. The van der Waals surface area contributed by atoms with Crippen molar-refractivity contribution < 1.29 is 32.2 Å². The van der Waals surface area contributed by atoms with Crippen molar-refractivity contribution in [2.75, 3.05) is 41.0 Å². The van der Waals surface area contributed by atoms with E-state index in [9.17, 15) is 18.0 Å². The lowest BCUT2D eigenvalue weighted by Crippen LogP contribution is -2.40. The van der Waals surface area contributed by atoms with Crippen molar-refractivity contribution in [1.82, 2.24) is 15.4 Å². The lowest BCUT2D eigenvalue weighted by atomic mass is 10.1. The molecule has 180 valence electrons. The predicted octanol–water partition coefficient (Wildman–Crippen LogP) is 1.15. The molecule has 0 radical (unpaired) electrons. The second-order valence-electron chi connectivity index (χ2n) is 7.11. The van der Waals surface area contributed by atoms with Gasteiger partial charge in [-0.15, -0.1) is 0 Å². The third kappa shape index (κ3) is 6.83. The quantitative estimate of drug-likeness (QED) is 0.412. The first-order chi connectivity index (χ1) is 15.6. The van der Waals surface area contributed by atoms with Crippen LogP contribution in [0.5, 0.6) is 17.2 Å². The van der Waals surface area contributed by atoms with Gasteiger partial charge in [0.1, 0.15) is 0 Å². The van der Waals surface area contributed by atoms with E-state index in [1.807, 2.05) is 13.0 Å². The molecule has 0 aliphatic rings. The number of carbonyl (C=O) groups excluding carboxylic acids is 2. The molecule has 0 atom stereocenters. The molecular formula is C22H29N3O7S. The number of carbonyl (C=O) groups is 2. The normalized spacial score (nSPS) is 10.9. The zero-order valence-corrected chi connectivity index (χ0v) is 20.1. The second-order valence-corrected chi connectivity index (χ2v) is 8.85. The van der Waals surface area contributed by atoms with Crippen LogP contribution in [-0.4, -0.2) is 61.2 Å². The zero-order valence-electron chi connectivity index (χ0n) is 19.3. The van der Waals surface area contributed by atoms with Gasteiger partial charge >= 0.3 is 0 Å². The van der Waals surface area contributed by atoms with Crippen LogP contribution in [0.2, 0.25) is 0 Å². The molecule has 2 amide bonds. The van der Waals surface area contributed by atoms with Gasteiger partial charge in [0.05, 0.1) is 32.8 Å². The molecule has 2 rings (SSSR count). The van der Waals surface area contributed by atoms with Crippen LogP contribution in [0.4, 0.5) is 0 Å². The summed E-state index contributed by atoms with van der Waals surface area (Å²) in [5.41, 5.74) is 1.68. The number of rotatable bonds is 11. The summed E-state index contributed by atoms with van der Waals surface area (Å²) in [5.74, 6) is -0.0236. The number of hydrogen-bond acceptors (Lipinski definition) is 7. The van der Waals surface area contributed by atoms with E-state index in [-0.39, 0.29) is 30.1 Å². The number of amides is 2. The fourth-order valence-electron chi connectivity index (χ4n) is 3.00. The highest BCUT2D eigenvalue weighted by atomic mass is 32.2. The maximum atomic E-state index is 12.5. The summed E-state index contributed by atoms with van der Waals surface area (Å²) in [4.78, 5) is 24.7. The second kappa shape index (κ2) is 11.5. The molecule has 2 aromatic rings. The highest BCUT2D eigenvalue weighted by molar-refractivity contribution is 7.89. The van der Waals surface area contributed by atoms with Crippen LogP contribution in [-0.2, 0) is 14.8 Å². The summed E-state index contributed by atoms with van der Waals surface area (Å²) in [6, 6.07) is 8.10. The summed E-state index contributed by atoms with van der Waals surface area (Å²) in [7, 11) is 0.617. The third-order valence-corrected chi connectivity index (χ3v) is 6.31. The molecule has 2 aromatic carbocycles. The summed E-state index contributed by atoms with van der Waals surface area (Å²) in [6.07, 6.45) is 0. The van der Waals surface area contributed by atoms with Gasteiger partial charge in [-0.1, -0.05) is 12.1 Å². The van der Waals surface area contributed by atoms with Gasteiger partial charge in [0.25, 0.3) is 5.91 Å². The number of benzene rings is 2. The van der Waals surface area contributed by atoms with Gasteiger partial charge in [0.15, 0.2) is 11.5 Å². The minimum absolute atomic E-state index is 0.00226. The summed E-state index contributed by atoms with van der Waals surface area (Å²) in [5, 5.41) is 5.05. The molecule has 11 heteroatoms. The van der Waals surface area contributed by atoms with Gasteiger partial charge in [0, 0.05) is 18.7 Å². The molecule has 0 saturated carbocycles. The topological polar surface area (TPSA) is 132 Å². The van der Waals surface area contributed by atoms with E-state index >= 15 is 0 Å². The fourth-order valence-corrected chi connectivity index (χ4v) is 4.36. The van der Waals surface area contributed by atoms with E-state index in [1.54, 1.807) is 19.1 Å². The Morgan fingerprint density at radius 3 is 2.09 bits per heavy atom. The highest BCUT2D eigenvalue weighted by Gasteiger charge is 2.18. The Kier molecular flexibility index (Phi) is 9.06. The van der Waals surface area contributed by atoms with Crippen LogP contribution in [0.15, 0.2) is 35.2 Å². The molecule has 3 N–H and O–H groups in total. The Balaban J connectivity index is 1.86. The molecule has 10 nitrogen and oxygen atoms in total. The lowest BCUT2D eigenvalue weighted by Gasteiger charge is -2.14. The van der Waals surface area contributed by atoms with Gasteiger partial charge in [-0.3, -0.25) is 9.59 Å². The third-order valence-electron chi connectivity index (χ3n) is 4.71. The molecule has 0 bridgehead atoms.